The summed E-state index contributed by atoms with van der Waals surface area (Å²) in [5.74, 6) is 0.652. The first kappa shape index (κ1) is 18.6. The molecule has 6 nitrogen and oxygen atoms in total. The van der Waals surface area contributed by atoms with Gasteiger partial charge >= 0.3 is 0 Å². The molecule has 0 atom stereocenters. The van der Waals surface area contributed by atoms with Crippen LogP contribution in [0.15, 0.2) is 28.8 Å². The van der Waals surface area contributed by atoms with Gasteiger partial charge in [0.05, 0.1) is 5.02 Å². The second kappa shape index (κ2) is 6.55. The number of Topliss-reactive ketones (excluding diaryl/α,β-unsaturated/α-hetero) is 1. The van der Waals surface area contributed by atoms with Crippen LogP contribution in [-0.4, -0.2) is 29.0 Å². The number of amides is 1. The Kier molecular flexibility index (Phi) is 4.21. The van der Waals surface area contributed by atoms with Crippen LogP contribution in [0.3, 0.4) is 0 Å². The average molecular weight is 419 g/mol. The largest absolute Gasteiger partial charge is 0.486 e. The second-order valence-electron chi connectivity index (χ2n) is 8.73. The van der Waals surface area contributed by atoms with Gasteiger partial charge in [-0.2, -0.15) is 0 Å². The van der Waals surface area contributed by atoms with E-state index in [-0.39, 0.29) is 40.0 Å². The molecule has 2 bridgehead atoms. The normalized spacial score (nSPS) is 27.0. The van der Waals surface area contributed by atoms with E-state index < -0.39 is 5.82 Å². The van der Waals surface area contributed by atoms with E-state index in [2.05, 4.69) is 10.5 Å². The van der Waals surface area contributed by atoms with Gasteiger partial charge in [0.2, 0.25) is 0 Å². The predicted octanol–water partition coefficient (Wildman–Crippen LogP) is 4.04. The fraction of sp³-hybridized carbons (Fsp3) is 0.476. The number of ether oxygens (including phenoxy) is 1. The summed E-state index contributed by atoms with van der Waals surface area (Å²) in [6, 6.07) is 5.82. The van der Waals surface area contributed by atoms with E-state index in [4.69, 9.17) is 20.9 Å². The van der Waals surface area contributed by atoms with Gasteiger partial charge in [0.15, 0.2) is 11.5 Å². The summed E-state index contributed by atoms with van der Waals surface area (Å²) < 4.78 is 24.0. The highest BCUT2D eigenvalue weighted by Gasteiger charge is 2.68. The SMILES string of the molecule is O=C(COc1ccc(Cl)c(F)c1)CC12CC(NC(=O)c3cc(C4CC4)on3)(C1)C2. The lowest BCUT2D eigenvalue weighted by Gasteiger charge is -2.70. The Labute approximate surface area is 171 Å². The molecular formula is C21H20ClFN2O4. The van der Waals surface area contributed by atoms with E-state index in [0.717, 1.165) is 37.9 Å². The van der Waals surface area contributed by atoms with E-state index in [9.17, 15) is 14.0 Å². The van der Waals surface area contributed by atoms with Crippen LogP contribution < -0.4 is 10.1 Å². The number of carbonyl (C=O) groups is 2. The molecule has 4 aliphatic rings. The lowest BCUT2D eigenvalue weighted by atomic mass is 9.38. The summed E-state index contributed by atoms with van der Waals surface area (Å²) in [5.41, 5.74) is 0.0448. The second-order valence-corrected chi connectivity index (χ2v) is 9.14. The van der Waals surface area contributed by atoms with Gasteiger partial charge in [-0.1, -0.05) is 16.8 Å². The monoisotopic (exact) mass is 418 g/mol. The van der Waals surface area contributed by atoms with Crippen molar-refractivity contribution in [1.29, 1.82) is 0 Å². The number of rotatable bonds is 8. The Morgan fingerprint density at radius 1 is 1.28 bits per heavy atom. The predicted molar refractivity (Wildman–Crippen MR) is 101 cm³/mol. The molecule has 1 N–H and O–H groups in total. The summed E-state index contributed by atoms with van der Waals surface area (Å²) in [4.78, 5) is 24.7. The molecule has 0 radical (unpaired) electrons. The zero-order valence-electron chi connectivity index (χ0n) is 15.7. The van der Waals surface area contributed by atoms with Crippen LogP contribution in [0.25, 0.3) is 0 Å². The zero-order valence-corrected chi connectivity index (χ0v) is 16.4. The molecule has 4 fully saturated rings. The number of aromatic nitrogens is 1. The van der Waals surface area contributed by atoms with Crippen LogP contribution in [0.2, 0.25) is 5.02 Å². The highest BCUT2D eigenvalue weighted by Crippen LogP contribution is 2.69. The number of halogens is 2. The van der Waals surface area contributed by atoms with Crippen molar-refractivity contribution >= 4 is 23.3 Å². The average Bonchev–Trinajstić information content (AvgIpc) is 3.36. The first-order valence-corrected chi connectivity index (χ1v) is 10.1. The van der Waals surface area contributed by atoms with Gasteiger partial charge in [-0.3, -0.25) is 9.59 Å². The molecule has 152 valence electrons. The molecule has 0 unspecified atom stereocenters. The molecule has 1 aromatic carbocycles. The first-order valence-electron chi connectivity index (χ1n) is 9.74. The Hall–Kier alpha value is -2.41. The molecule has 4 aliphatic carbocycles. The van der Waals surface area contributed by atoms with E-state index in [1.807, 2.05) is 0 Å². The third kappa shape index (κ3) is 3.52. The van der Waals surface area contributed by atoms with Crippen molar-refractivity contribution < 1.29 is 23.2 Å². The van der Waals surface area contributed by atoms with Gasteiger partial charge in [-0.05, 0) is 49.7 Å². The van der Waals surface area contributed by atoms with Gasteiger partial charge in [0.25, 0.3) is 5.91 Å². The van der Waals surface area contributed by atoms with E-state index in [1.165, 1.54) is 18.2 Å². The highest BCUT2D eigenvalue weighted by atomic mass is 35.5. The Balaban J connectivity index is 1.08. The molecule has 4 saturated carbocycles. The zero-order chi connectivity index (χ0) is 20.2. The lowest BCUT2D eigenvalue weighted by Crippen LogP contribution is -2.75. The molecule has 0 spiro atoms. The van der Waals surface area contributed by atoms with Crippen LogP contribution in [0.1, 0.15) is 60.7 Å². The van der Waals surface area contributed by atoms with Crippen LogP contribution in [-0.2, 0) is 4.79 Å². The molecule has 1 heterocycles. The fourth-order valence-electron chi connectivity index (χ4n) is 4.78. The van der Waals surface area contributed by atoms with E-state index in [0.29, 0.717) is 18.0 Å². The third-order valence-corrected chi connectivity index (χ3v) is 6.43. The van der Waals surface area contributed by atoms with E-state index >= 15 is 0 Å². The van der Waals surface area contributed by atoms with Crippen molar-refractivity contribution in [3.63, 3.8) is 0 Å². The molecule has 8 heteroatoms. The van der Waals surface area contributed by atoms with Crippen LogP contribution in [0.4, 0.5) is 4.39 Å². The quantitative estimate of drug-likeness (QED) is 0.699. The van der Waals surface area contributed by atoms with Crippen molar-refractivity contribution in [3.8, 4) is 5.75 Å². The molecule has 0 saturated heterocycles. The third-order valence-electron chi connectivity index (χ3n) is 6.12. The van der Waals surface area contributed by atoms with E-state index in [1.54, 1.807) is 6.07 Å². The number of nitrogens with one attached hydrogen (secondary N) is 1. The maximum absolute atomic E-state index is 13.4. The number of ketones is 1. The molecule has 1 amide bonds. The molecule has 1 aromatic heterocycles. The van der Waals surface area contributed by atoms with Crippen molar-refractivity contribution in [1.82, 2.24) is 10.5 Å². The van der Waals surface area contributed by atoms with Crippen molar-refractivity contribution in [2.75, 3.05) is 6.61 Å². The van der Waals surface area contributed by atoms with Crippen molar-refractivity contribution in [3.05, 3.63) is 46.6 Å². The van der Waals surface area contributed by atoms with Gasteiger partial charge in [0.1, 0.15) is 23.9 Å². The highest BCUT2D eigenvalue weighted by molar-refractivity contribution is 6.30. The lowest BCUT2D eigenvalue weighted by molar-refractivity contribution is -0.162. The standard InChI is InChI=1S/C21H20ClFN2O4/c22-15-4-3-14(5-16(15)23)28-8-13(26)7-20-9-21(10-20,11-20)24-19(27)17-6-18(29-25-17)12-1-2-12/h3-6,12H,1-2,7-11H2,(H,24,27). The van der Waals surface area contributed by atoms with Gasteiger partial charge in [-0.15, -0.1) is 0 Å². The Bertz CT molecular complexity index is 981. The smallest absolute Gasteiger partial charge is 0.273 e. The number of hydrogen-bond acceptors (Lipinski definition) is 5. The molecular weight excluding hydrogens is 399 g/mol. The summed E-state index contributed by atoms with van der Waals surface area (Å²) in [7, 11) is 0. The minimum atomic E-state index is -0.579. The van der Waals surface area contributed by atoms with Crippen LogP contribution in [0.5, 0.6) is 5.75 Å². The van der Waals surface area contributed by atoms with Gasteiger partial charge < -0.3 is 14.6 Å². The van der Waals surface area contributed by atoms with Gasteiger partial charge in [-0.25, -0.2) is 4.39 Å². The summed E-state index contributed by atoms with van der Waals surface area (Å²) in [5, 5.41) is 6.95. The maximum Gasteiger partial charge on any atom is 0.273 e. The van der Waals surface area contributed by atoms with Crippen molar-refractivity contribution in [2.24, 2.45) is 5.41 Å². The molecule has 29 heavy (non-hydrogen) atoms. The Morgan fingerprint density at radius 2 is 2.03 bits per heavy atom. The molecule has 0 aliphatic heterocycles. The minimum Gasteiger partial charge on any atom is -0.486 e. The number of hydrogen-bond donors (Lipinski definition) is 1. The minimum absolute atomic E-state index is 0.0132. The van der Waals surface area contributed by atoms with Gasteiger partial charge in [0, 0.05) is 30.0 Å². The number of benzene rings is 1. The molecule has 6 rings (SSSR count). The molecule has 2 aromatic rings. The van der Waals surface area contributed by atoms with Crippen LogP contribution in [0, 0.1) is 11.2 Å². The first-order chi connectivity index (χ1) is 13.9. The summed E-state index contributed by atoms with van der Waals surface area (Å²) >= 11 is 5.63. The topological polar surface area (TPSA) is 81.4 Å². The number of nitrogens with zero attached hydrogens (tertiary/aromatic N) is 1. The van der Waals surface area contributed by atoms with Crippen LogP contribution >= 0.6 is 11.6 Å². The number of carbonyl (C=O) groups excluding carboxylic acids is 2. The fourth-order valence-corrected chi connectivity index (χ4v) is 4.90. The summed E-state index contributed by atoms with van der Waals surface area (Å²) in [6.45, 7) is -0.106. The maximum atomic E-state index is 13.4. The Morgan fingerprint density at radius 3 is 2.72 bits per heavy atom. The van der Waals surface area contributed by atoms with Crippen molar-refractivity contribution in [2.45, 2.75) is 50.0 Å². The summed E-state index contributed by atoms with van der Waals surface area (Å²) in [6.07, 6.45) is 4.92.